The van der Waals surface area contributed by atoms with E-state index in [4.69, 9.17) is 4.74 Å². The average Bonchev–Trinajstić information content (AvgIpc) is 2.85. The van der Waals surface area contributed by atoms with Gasteiger partial charge in [0, 0.05) is 28.8 Å². The summed E-state index contributed by atoms with van der Waals surface area (Å²) in [5.74, 6) is 1.60. The van der Waals surface area contributed by atoms with Crippen LogP contribution >= 0.6 is 12.4 Å². The SMILES string of the molecule is C[n+]1ccccc1-c1ccc2ncnc(Nc3ccc(OCc4ccccc4)cc3)c2c1.Cl.[Cl-]. The van der Waals surface area contributed by atoms with E-state index in [9.17, 15) is 0 Å². The van der Waals surface area contributed by atoms with E-state index in [0.29, 0.717) is 6.61 Å². The van der Waals surface area contributed by atoms with Crippen LogP contribution < -0.4 is 27.0 Å². The molecule has 1 N–H and O–H groups in total. The van der Waals surface area contributed by atoms with Gasteiger partial charge in [0.2, 0.25) is 5.69 Å². The van der Waals surface area contributed by atoms with Gasteiger partial charge in [0.25, 0.3) is 0 Å². The summed E-state index contributed by atoms with van der Waals surface area (Å²) < 4.78 is 7.99. The molecule has 7 heteroatoms. The van der Waals surface area contributed by atoms with E-state index in [1.807, 2.05) is 73.9 Å². The highest BCUT2D eigenvalue weighted by Gasteiger charge is 2.12. The predicted octanol–water partition coefficient (Wildman–Crippen LogP) is 2.87. The highest BCUT2D eigenvalue weighted by molar-refractivity contribution is 5.93. The van der Waals surface area contributed by atoms with Crippen molar-refractivity contribution in [2.75, 3.05) is 5.32 Å². The number of anilines is 2. The van der Waals surface area contributed by atoms with Crippen molar-refractivity contribution in [1.82, 2.24) is 9.97 Å². The molecule has 5 nitrogen and oxygen atoms in total. The van der Waals surface area contributed by atoms with E-state index in [2.05, 4.69) is 50.2 Å². The molecule has 0 fully saturated rings. The van der Waals surface area contributed by atoms with Crippen molar-refractivity contribution < 1.29 is 21.7 Å². The number of hydrogen-bond donors (Lipinski definition) is 1. The van der Waals surface area contributed by atoms with Crippen LogP contribution in [0, 0.1) is 0 Å². The third-order valence-electron chi connectivity index (χ3n) is 5.35. The normalized spacial score (nSPS) is 10.1. The van der Waals surface area contributed by atoms with Gasteiger partial charge in [0.1, 0.15) is 31.5 Å². The number of rotatable bonds is 6. The number of ether oxygens (including phenoxy) is 1. The summed E-state index contributed by atoms with van der Waals surface area (Å²) in [4.78, 5) is 8.93. The second-order valence-corrected chi connectivity index (χ2v) is 7.57. The second-order valence-electron chi connectivity index (χ2n) is 7.57. The maximum absolute atomic E-state index is 5.89. The average molecular weight is 491 g/mol. The van der Waals surface area contributed by atoms with Crippen LogP contribution in [0.25, 0.3) is 22.2 Å². The summed E-state index contributed by atoms with van der Waals surface area (Å²) in [5.41, 5.74) is 5.22. The summed E-state index contributed by atoms with van der Waals surface area (Å²) >= 11 is 0. The Morgan fingerprint density at radius 3 is 2.38 bits per heavy atom. The molecule has 2 heterocycles. The Bertz CT molecular complexity index is 1360. The lowest BCUT2D eigenvalue weighted by molar-refractivity contribution is -0.660. The van der Waals surface area contributed by atoms with Gasteiger partial charge in [-0.2, -0.15) is 0 Å². The van der Waals surface area contributed by atoms with Crippen molar-refractivity contribution in [3.8, 4) is 17.0 Å². The standard InChI is InChI=1S/C27H22N4O.2ClH/c1-31-16-6-5-9-26(31)21-10-15-25-24(17-21)27(29-19-28-25)30-22-11-13-23(14-12-22)32-18-20-7-3-2-4-8-20;;/h2-17,19H,18H2,1H3;2*1H. The van der Waals surface area contributed by atoms with Gasteiger partial charge in [-0.05, 0) is 54.1 Å². The molecule has 0 unspecified atom stereocenters. The molecule has 2 aromatic heterocycles. The molecule has 172 valence electrons. The molecule has 5 rings (SSSR count). The molecule has 5 aromatic rings. The van der Waals surface area contributed by atoms with E-state index in [1.165, 1.54) is 0 Å². The van der Waals surface area contributed by atoms with Crippen molar-refractivity contribution in [3.63, 3.8) is 0 Å². The zero-order valence-electron chi connectivity index (χ0n) is 18.6. The van der Waals surface area contributed by atoms with Gasteiger partial charge in [-0.1, -0.05) is 30.3 Å². The Labute approximate surface area is 211 Å². The molecule has 0 saturated heterocycles. The number of hydrogen-bond acceptors (Lipinski definition) is 4. The van der Waals surface area contributed by atoms with Crippen molar-refractivity contribution in [2.24, 2.45) is 7.05 Å². The van der Waals surface area contributed by atoms with Crippen molar-refractivity contribution in [2.45, 2.75) is 6.61 Å². The highest BCUT2D eigenvalue weighted by atomic mass is 35.5. The Hall–Kier alpha value is -3.67. The molecule has 0 aliphatic heterocycles. The molecule has 0 aliphatic rings. The van der Waals surface area contributed by atoms with Crippen LogP contribution in [-0.4, -0.2) is 9.97 Å². The maximum Gasteiger partial charge on any atom is 0.212 e. The van der Waals surface area contributed by atoms with Crippen LogP contribution in [0.2, 0.25) is 0 Å². The first-order valence-electron chi connectivity index (χ1n) is 10.5. The van der Waals surface area contributed by atoms with Crippen molar-refractivity contribution in [1.29, 1.82) is 0 Å². The molecule has 0 bridgehead atoms. The molecule has 34 heavy (non-hydrogen) atoms. The van der Waals surface area contributed by atoms with Gasteiger partial charge in [-0.25, -0.2) is 14.5 Å². The molecule has 3 aromatic carbocycles. The fourth-order valence-electron chi connectivity index (χ4n) is 3.65. The number of nitrogens with one attached hydrogen (secondary N) is 1. The summed E-state index contributed by atoms with van der Waals surface area (Å²) in [6, 6.07) is 30.5. The summed E-state index contributed by atoms with van der Waals surface area (Å²) in [6.07, 6.45) is 3.63. The first-order chi connectivity index (χ1) is 15.8. The van der Waals surface area contributed by atoms with Crippen LogP contribution in [0.1, 0.15) is 5.56 Å². The Balaban J connectivity index is 0.00000162. The maximum atomic E-state index is 5.89. The number of halogens is 2. The third kappa shape index (κ3) is 5.63. The molecule has 0 amide bonds. The number of fused-ring (bicyclic) bond motifs is 1. The smallest absolute Gasteiger partial charge is 0.212 e. The van der Waals surface area contributed by atoms with Crippen molar-refractivity contribution >= 4 is 34.8 Å². The lowest BCUT2D eigenvalue weighted by Gasteiger charge is -2.11. The fourth-order valence-corrected chi connectivity index (χ4v) is 3.65. The Morgan fingerprint density at radius 1 is 0.853 bits per heavy atom. The largest absolute Gasteiger partial charge is 1.00 e. The van der Waals surface area contributed by atoms with Crippen LogP contribution in [0.5, 0.6) is 5.75 Å². The monoisotopic (exact) mass is 490 g/mol. The van der Waals surface area contributed by atoms with Gasteiger partial charge in [-0.15, -0.1) is 12.4 Å². The van der Waals surface area contributed by atoms with Gasteiger partial charge in [0.05, 0.1) is 5.52 Å². The third-order valence-corrected chi connectivity index (χ3v) is 5.35. The number of benzene rings is 3. The summed E-state index contributed by atoms with van der Waals surface area (Å²) in [7, 11) is 2.04. The van der Waals surface area contributed by atoms with Gasteiger partial charge < -0.3 is 22.5 Å². The topological polar surface area (TPSA) is 50.9 Å². The minimum absolute atomic E-state index is 0. The molecule has 0 aliphatic carbocycles. The number of aromatic nitrogens is 3. The minimum Gasteiger partial charge on any atom is -1.00 e. The molecular weight excluding hydrogens is 467 g/mol. The van der Waals surface area contributed by atoms with Crippen LogP contribution in [0.15, 0.2) is 104 Å². The molecule has 0 radical (unpaired) electrons. The van der Waals surface area contributed by atoms with Gasteiger partial charge >= 0.3 is 0 Å². The molecule has 0 saturated carbocycles. The van der Waals surface area contributed by atoms with Crippen LogP contribution in [-0.2, 0) is 13.7 Å². The zero-order chi connectivity index (χ0) is 21.8. The van der Waals surface area contributed by atoms with Crippen LogP contribution in [0.4, 0.5) is 11.5 Å². The fraction of sp³-hybridized carbons (Fsp3) is 0.0741. The quantitative estimate of drug-likeness (QED) is 0.372. The van der Waals surface area contributed by atoms with Crippen molar-refractivity contribution in [3.05, 3.63) is 109 Å². The molecular formula is C27H24Cl2N4O. The highest BCUT2D eigenvalue weighted by Crippen LogP contribution is 2.28. The van der Waals surface area contributed by atoms with E-state index in [0.717, 1.165) is 45.0 Å². The summed E-state index contributed by atoms with van der Waals surface area (Å²) in [6.45, 7) is 0.545. The Morgan fingerprint density at radius 2 is 1.62 bits per heavy atom. The number of aryl methyl sites for hydroxylation is 1. The lowest BCUT2D eigenvalue weighted by atomic mass is 10.1. The van der Waals surface area contributed by atoms with E-state index in [-0.39, 0.29) is 24.8 Å². The van der Waals surface area contributed by atoms with Gasteiger partial charge in [-0.3, -0.25) is 0 Å². The second kappa shape index (κ2) is 11.5. The van der Waals surface area contributed by atoms with E-state index >= 15 is 0 Å². The first-order valence-corrected chi connectivity index (χ1v) is 10.5. The zero-order valence-corrected chi connectivity index (χ0v) is 20.1. The first kappa shape index (κ1) is 25.0. The van der Waals surface area contributed by atoms with Gasteiger partial charge in [0.15, 0.2) is 6.20 Å². The minimum atomic E-state index is 0. The molecule has 0 spiro atoms. The predicted molar refractivity (Wildman–Crippen MR) is 134 cm³/mol. The lowest BCUT2D eigenvalue weighted by Crippen LogP contribution is -3.00. The Kier molecular flexibility index (Phi) is 8.41. The van der Waals surface area contributed by atoms with E-state index < -0.39 is 0 Å². The summed E-state index contributed by atoms with van der Waals surface area (Å²) in [5, 5.41) is 4.40. The van der Waals surface area contributed by atoms with Crippen LogP contribution in [0.3, 0.4) is 0 Å². The molecule has 0 atom stereocenters. The number of nitrogens with zero attached hydrogens (tertiary/aromatic N) is 3. The number of pyridine rings is 1. The van der Waals surface area contributed by atoms with E-state index in [1.54, 1.807) is 6.33 Å².